The third-order valence-corrected chi connectivity index (χ3v) is 4.13. The van der Waals surface area contributed by atoms with Crippen LogP contribution in [0.25, 0.3) is 0 Å². The van der Waals surface area contributed by atoms with Crippen LogP contribution in [0.4, 0.5) is 0 Å². The molecule has 1 fully saturated rings. The van der Waals surface area contributed by atoms with Crippen molar-refractivity contribution in [2.24, 2.45) is 11.3 Å². The largest absolute Gasteiger partial charge is 0.381 e. The molecule has 3 nitrogen and oxygen atoms in total. The highest BCUT2D eigenvalue weighted by Crippen LogP contribution is 2.30. The van der Waals surface area contributed by atoms with Gasteiger partial charge in [0.2, 0.25) is 0 Å². The molecule has 1 aromatic carbocycles. The summed E-state index contributed by atoms with van der Waals surface area (Å²) in [4.78, 5) is 0. The van der Waals surface area contributed by atoms with Crippen LogP contribution in [-0.4, -0.2) is 32.9 Å². The highest BCUT2D eigenvalue weighted by molar-refractivity contribution is 5.13. The maximum Gasteiger partial charge on any atom is 0.0717 e. The van der Waals surface area contributed by atoms with E-state index in [-0.39, 0.29) is 5.41 Å². The molecule has 0 atom stereocenters. The molecule has 0 spiro atoms. The molecule has 0 aromatic heterocycles. The summed E-state index contributed by atoms with van der Waals surface area (Å²) in [6.45, 7) is 9.83. The topological polar surface area (TPSA) is 30.5 Å². The van der Waals surface area contributed by atoms with E-state index in [1.807, 2.05) is 6.07 Å². The number of nitrogens with one attached hydrogen (secondary N) is 1. The minimum absolute atomic E-state index is 0.238. The van der Waals surface area contributed by atoms with Crippen molar-refractivity contribution in [3.8, 4) is 0 Å². The number of ether oxygens (including phenoxy) is 2. The average Bonchev–Trinajstić information content (AvgIpc) is 2.49. The minimum atomic E-state index is 0.238. The third-order valence-electron chi connectivity index (χ3n) is 4.13. The lowest BCUT2D eigenvalue weighted by Crippen LogP contribution is -2.43. The second kappa shape index (κ2) is 8.52. The van der Waals surface area contributed by atoms with Crippen molar-refractivity contribution in [2.75, 3.05) is 32.9 Å². The second-order valence-electron chi connectivity index (χ2n) is 6.62. The Hall–Kier alpha value is -0.900. The van der Waals surface area contributed by atoms with Crippen LogP contribution < -0.4 is 5.32 Å². The quantitative estimate of drug-likeness (QED) is 0.797. The number of rotatable bonds is 8. The Balaban J connectivity index is 1.81. The third kappa shape index (κ3) is 5.77. The molecule has 1 aliphatic rings. The molecule has 21 heavy (non-hydrogen) atoms. The van der Waals surface area contributed by atoms with Gasteiger partial charge in [0.25, 0.3) is 0 Å². The van der Waals surface area contributed by atoms with Crippen LogP contribution in [0.5, 0.6) is 0 Å². The smallest absolute Gasteiger partial charge is 0.0717 e. The van der Waals surface area contributed by atoms with E-state index in [9.17, 15) is 0 Å². The van der Waals surface area contributed by atoms with Crippen molar-refractivity contribution in [2.45, 2.75) is 33.3 Å². The van der Waals surface area contributed by atoms with Crippen LogP contribution >= 0.6 is 0 Å². The molecule has 0 bridgehead atoms. The van der Waals surface area contributed by atoms with Crippen LogP contribution in [0, 0.1) is 11.3 Å². The lowest BCUT2D eigenvalue weighted by atomic mass is 9.81. The fraction of sp³-hybridized carbons (Fsp3) is 0.667. The van der Waals surface area contributed by atoms with E-state index in [0.717, 1.165) is 45.8 Å². The molecule has 0 amide bonds. The maximum absolute atomic E-state index is 6.02. The molecule has 0 saturated carbocycles. The Bertz CT molecular complexity index is 385. The number of benzene rings is 1. The Kier molecular flexibility index (Phi) is 6.68. The molecule has 1 heterocycles. The van der Waals surface area contributed by atoms with E-state index in [4.69, 9.17) is 9.47 Å². The van der Waals surface area contributed by atoms with Crippen LogP contribution in [0.3, 0.4) is 0 Å². The van der Waals surface area contributed by atoms with Crippen LogP contribution in [0.1, 0.15) is 32.3 Å². The van der Waals surface area contributed by atoms with Gasteiger partial charge in [0.1, 0.15) is 0 Å². The van der Waals surface area contributed by atoms with Crippen molar-refractivity contribution in [1.82, 2.24) is 5.32 Å². The second-order valence-corrected chi connectivity index (χ2v) is 6.62. The molecule has 1 aliphatic heterocycles. The SMILES string of the molecule is CC(C)CNCC1(COCc2ccccc2)CCOCC1. The van der Waals surface area contributed by atoms with Gasteiger partial charge in [-0.25, -0.2) is 0 Å². The van der Waals surface area contributed by atoms with E-state index in [1.165, 1.54) is 5.56 Å². The van der Waals surface area contributed by atoms with E-state index in [1.54, 1.807) is 0 Å². The predicted octanol–water partition coefficient (Wildman–Crippen LogP) is 3.25. The molecule has 2 rings (SSSR count). The molecule has 118 valence electrons. The molecule has 0 aliphatic carbocycles. The molecular weight excluding hydrogens is 262 g/mol. The molecular formula is C18H29NO2. The Labute approximate surface area is 129 Å². The summed E-state index contributed by atoms with van der Waals surface area (Å²) in [7, 11) is 0. The summed E-state index contributed by atoms with van der Waals surface area (Å²) in [6.07, 6.45) is 2.18. The van der Waals surface area contributed by atoms with Gasteiger partial charge >= 0.3 is 0 Å². The predicted molar refractivity (Wildman–Crippen MR) is 86.3 cm³/mol. The van der Waals surface area contributed by atoms with Crippen molar-refractivity contribution >= 4 is 0 Å². The molecule has 0 unspecified atom stereocenters. The number of hydrogen-bond donors (Lipinski definition) is 1. The van der Waals surface area contributed by atoms with Gasteiger partial charge in [0.05, 0.1) is 13.2 Å². The highest BCUT2D eigenvalue weighted by atomic mass is 16.5. The van der Waals surface area contributed by atoms with Crippen LogP contribution in [0.15, 0.2) is 30.3 Å². The first kappa shape index (κ1) is 16.5. The normalized spacial score (nSPS) is 18.0. The van der Waals surface area contributed by atoms with Gasteiger partial charge in [-0.1, -0.05) is 44.2 Å². The summed E-state index contributed by atoms with van der Waals surface area (Å²) in [5, 5.41) is 3.61. The summed E-state index contributed by atoms with van der Waals surface area (Å²) < 4.78 is 11.6. The van der Waals surface area contributed by atoms with Gasteiger partial charge < -0.3 is 14.8 Å². The first-order valence-electron chi connectivity index (χ1n) is 8.10. The van der Waals surface area contributed by atoms with E-state index in [0.29, 0.717) is 12.5 Å². The zero-order valence-electron chi connectivity index (χ0n) is 13.4. The first-order chi connectivity index (χ1) is 10.2. The van der Waals surface area contributed by atoms with E-state index in [2.05, 4.69) is 43.4 Å². The average molecular weight is 291 g/mol. The summed E-state index contributed by atoms with van der Waals surface area (Å²) in [5.41, 5.74) is 1.48. The fourth-order valence-electron chi connectivity index (χ4n) is 2.76. The Morgan fingerprint density at radius 1 is 1.19 bits per heavy atom. The fourth-order valence-corrected chi connectivity index (χ4v) is 2.76. The molecule has 3 heteroatoms. The standard InChI is InChI=1S/C18H29NO2/c1-16(2)12-19-14-18(8-10-20-11-9-18)15-21-13-17-6-4-3-5-7-17/h3-7,16,19H,8-15H2,1-2H3. The van der Waals surface area contributed by atoms with Crippen LogP contribution in [-0.2, 0) is 16.1 Å². The molecule has 1 saturated heterocycles. The maximum atomic E-state index is 6.02. The summed E-state index contributed by atoms with van der Waals surface area (Å²) in [6, 6.07) is 10.4. The molecule has 0 radical (unpaired) electrons. The lowest BCUT2D eigenvalue weighted by molar-refractivity contribution is -0.0431. The van der Waals surface area contributed by atoms with E-state index >= 15 is 0 Å². The lowest BCUT2D eigenvalue weighted by Gasteiger charge is -2.37. The summed E-state index contributed by atoms with van der Waals surface area (Å²) in [5.74, 6) is 0.687. The zero-order chi connectivity index (χ0) is 15.0. The van der Waals surface area contributed by atoms with Gasteiger partial charge in [-0.3, -0.25) is 0 Å². The van der Waals surface area contributed by atoms with Crippen molar-refractivity contribution in [3.05, 3.63) is 35.9 Å². The Morgan fingerprint density at radius 3 is 2.57 bits per heavy atom. The van der Waals surface area contributed by atoms with Crippen molar-refractivity contribution in [1.29, 1.82) is 0 Å². The zero-order valence-corrected chi connectivity index (χ0v) is 13.4. The monoisotopic (exact) mass is 291 g/mol. The van der Waals surface area contributed by atoms with Gasteiger partial charge in [-0.2, -0.15) is 0 Å². The molecule has 1 N–H and O–H groups in total. The Morgan fingerprint density at radius 2 is 1.90 bits per heavy atom. The number of hydrogen-bond acceptors (Lipinski definition) is 3. The van der Waals surface area contributed by atoms with Crippen LogP contribution in [0.2, 0.25) is 0 Å². The minimum Gasteiger partial charge on any atom is -0.381 e. The van der Waals surface area contributed by atoms with Crippen molar-refractivity contribution < 1.29 is 9.47 Å². The van der Waals surface area contributed by atoms with Gasteiger partial charge in [-0.15, -0.1) is 0 Å². The first-order valence-corrected chi connectivity index (χ1v) is 8.10. The van der Waals surface area contributed by atoms with Gasteiger partial charge in [0, 0.05) is 25.2 Å². The highest BCUT2D eigenvalue weighted by Gasteiger charge is 2.32. The van der Waals surface area contributed by atoms with Gasteiger partial charge in [0.15, 0.2) is 0 Å². The van der Waals surface area contributed by atoms with E-state index < -0.39 is 0 Å². The van der Waals surface area contributed by atoms with Gasteiger partial charge in [-0.05, 0) is 30.9 Å². The molecule has 1 aromatic rings. The van der Waals surface area contributed by atoms with Crippen molar-refractivity contribution in [3.63, 3.8) is 0 Å². The summed E-state index contributed by atoms with van der Waals surface area (Å²) >= 11 is 0.